The van der Waals surface area contributed by atoms with E-state index >= 15 is 0 Å². The van der Waals surface area contributed by atoms with Crippen LogP contribution in [-0.4, -0.2) is 35.0 Å². The number of carbonyl (C=O) groups excluding carboxylic acids is 1. The highest BCUT2D eigenvalue weighted by atomic mass is 16.6. The van der Waals surface area contributed by atoms with Crippen LogP contribution in [0.2, 0.25) is 0 Å². The number of fused-ring (bicyclic) bond motifs is 8. The molecule has 0 unspecified atom stereocenters. The Morgan fingerprint density at radius 2 is 1.88 bits per heavy atom. The first-order valence-corrected chi connectivity index (χ1v) is 10.6. The average Bonchev–Trinajstić information content (AvgIpc) is 2.83. The average molecular weight is 365 g/mol. The van der Waals surface area contributed by atoms with Crippen LogP contribution in [0.5, 0.6) is 0 Å². The summed E-state index contributed by atoms with van der Waals surface area (Å²) in [6, 6.07) is 0. The molecule has 0 N–H and O–H groups in total. The fraction of sp³-hybridized carbons (Fsp3) is 0.955. The molecule has 0 amide bonds. The molecule has 3 heterocycles. The van der Waals surface area contributed by atoms with Gasteiger partial charge in [-0.15, -0.1) is 0 Å². The highest BCUT2D eigenvalue weighted by Gasteiger charge is 2.67. The van der Waals surface area contributed by atoms with Crippen LogP contribution in [0, 0.1) is 23.7 Å². The molecule has 3 aliphatic heterocycles. The van der Waals surface area contributed by atoms with E-state index in [0.29, 0.717) is 17.8 Å². The molecule has 4 nitrogen and oxygen atoms in total. The van der Waals surface area contributed by atoms with Crippen molar-refractivity contribution in [1.29, 1.82) is 0 Å². The highest BCUT2D eigenvalue weighted by Crippen LogP contribution is 2.61. The molecule has 0 aromatic rings. The van der Waals surface area contributed by atoms with Gasteiger partial charge in [0.25, 0.3) is 0 Å². The third-order valence-electron chi connectivity index (χ3n) is 7.99. The van der Waals surface area contributed by atoms with E-state index in [2.05, 4.69) is 34.6 Å². The maximum Gasteiger partial charge on any atom is 0.303 e. The molecular formula is C22H36O4. The molecular weight excluding hydrogens is 328 g/mol. The van der Waals surface area contributed by atoms with E-state index < -0.39 is 5.60 Å². The van der Waals surface area contributed by atoms with Gasteiger partial charge in [0, 0.05) is 25.2 Å². The predicted octanol–water partition coefficient (Wildman–Crippen LogP) is 4.50. The van der Waals surface area contributed by atoms with Crippen molar-refractivity contribution in [2.45, 2.75) is 109 Å². The lowest BCUT2D eigenvalue weighted by Crippen LogP contribution is -2.60. The lowest BCUT2D eigenvalue weighted by atomic mass is 9.56. The largest absolute Gasteiger partial charge is 0.459 e. The fourth-order valence-corrected chi connectivity index (χ4v) is 7.10. The first-order valence-electron chi connectivity index (χ1n) is 10.6. The standard InChI is InChI=1S/C22H36O4/c1-13(2)15-8-11-21(5,25-14(3)23)18-16-12-20(4)9-7-10-22(6,26-20)19(24-16)17(15)18/h13,15-19H,7-12H2,1-6H3/t15-,16-,17-,18-,19-,20-,21+,22+/m0/s1. The zero-order valence-corrected chi connectivity index (χ0v) is 17.3. The van der Waals surface area contributed by atoms with Crippen LogP contribution in [-0.2, 0) is 19.0 Å². The van der Waals surface area contributed by atoms with Crippen molar-refractivity contribution in [3.63, 3.8) is 0 Å². The van der Waals surface area contributed by atoms with Crippen molar-refractivity contribution in [3.05, 3.63) is 0 Å². The van der Waals surface area contributed by atoms with E-state index in [0.717, 1.165) is 32.1 Å². The van der Waals surface area contributed by atoms with E-state index in [9.17, 15) is 4.79 Å². The Kier molecular flexibility index (Phi) is 4.28. The summed E-state index contributed by atoms with van der Waals surface area (Å²) >= 11 is 0. The van der Waals surface area contributed by atoms with Crippen molar-refractivity contribution in [1.82, 2.24) is 0 Å². The summed E-state index contributed by atoms with van der Waals surface area (Å²) in [4.78, 5) is 11.9. The first kappa shape index (κ1) is 18.7. The fourth-order valence-electron chi connectivity index (χ4n) is 7.10. The van der Waals surface area contributed by atoms with Crippen molar-refractivity contribution >= 4 is 5.97 Å². The smallest absolute Gasteiger partial charge is 0.303 e. The van der Waals surface area contributed by atoms with Gasteiger partial charge >= 0.3 is 5.97 Å². The topological polar surface area (TPSA) is 44.8 Å². The Morgan fingerprint density at radius 3 is 2.54 bits per heavy atom. The van der Waals surface area contributed by atoms with Gasteiger partial charge < -0.3 is 14.2 Å². The van der Waals surface area contributed by atoms with Crippen molar-refractivity contribution in [2.75, 3.05) is 0 Å². The molecule has 0 aromatic heterocycles. The van der Waals surface area contributed by atoms with Crippen LogP contribution < -0.4 is 0 Å². The summed E-state index contributed by atoms with van der Waals surface area (Å²) in [5, 5.41) is 0. The Balaban J connectivity index is 1.78. The molecule has 1 saturated carbocycles. The molecule has 0 radical (unpaired) electrons. The minimum atomic E-state index is -0.417. The van der Waals surface area contributed by atoms with Gasteiger partial charge in [0.1, 0.15) is 5.60 Å². The van der Waals surface area contributed by atoms with E-state index in [1.807, 2.05) is 0 Å². The molecule has 4 aliphatic rings. The summed E-state index contributed by atoms with van der Waals surface area (Å²) < 4.78 is 19.5. The van der Waals surface area contributed by atoms with Crippen molar-refractivity contribution < 1.29 is 19.0 Å². The summed E-state index contributed by atoms with van der Waals surface area (Å²) in [5.74, 6) is 1.73. The normalized spacial score (nSPS) is 53.1. The van der Waals surface area contributed by atoms with Gasteiger partial charge in [0.15, 0.2) is 0 Å². The summed E-state index contributed by atoms with van der Waals surface area (Å²) in [6.45, 7) is 12.9. The molecule has 148 valence electrons. The Morgan fingerprint density at radius 1 is 1.15 bits per heavy atom. The zero-order chi connectivity index (χ0) is 18.9. The summed E-state index contributed by atoms with van der Waals surface area (Å²) in [7, 11) is 0. The lowest BCUT2D eigenvalue weighted by molar-refractivity contribution is -0.219. The summed E-state index contributed by atoms with van der Waals surface area (Å²) in [5.41, 5.74) is -0.748. The number of rotatable bonds is 2. The second-order valence-corrected chi connectivity index (χ2v) is 10.5. The Hall–Kier alpha value is -0.610. The molecule has 26 heavy (non-hydrogen) atoms. The van der Waals surface area contributed by atoms with Crippen molar-refractivity contribution in [3.8, 4) is 0 Å². The molecule has 8 atom stereocenters. The number of esters is 1. The minimum Gasteiger partial charge on any atom is -0.459 e. The van der Waals surface area contributed by atoms with Gasteiger partial charge in [-0.05, 0) is 64.7 Å². The van der Waals surface area contributed by atoms with Gasteiger partial charge in [-0.25, -0.2) is 0 Å². The molecule has 0 spiro atoms. The molecule has 4 fully saturated rings. The van der Waals surface area contributed by atoms with Gasteiger partial charge in [-0.1, -0.05) is 13.8 Å². The number of carbonyl (C=O) groups is 1. The highest BCUT2D eigenvalue weighted by molar-refractivity contribution is 5.66. The second kappa shape index (κ2) is 5.94. The van der Waals surface area contributed by atoms with Crippen LogP contribution in [0.15, 0.2) is 0 Å². The van der Waals surface area contributed by atoms with E-state index in [1.165, 1.54) is 6.42 Å². The van der Waals surface area contributed by atoms with E-state index in [-0.39, 0.29) is 35.3 Å². The first-order chi connectivity index (χ1) is 12.1. The predicted molar refractivity (Wildman–Crippen MR) is 99.7 cm³/mol. The maximum absolute atomic E-state index is 11.9. The molecule has 4 bridgehead atoms. The van der Waals surface area contributed by atoms with Crippen LogP contribution in [0.4, 0.5) is 0 Å². The third kappa shape index (κ3) is 2.74. The van der Waals surface area contributed by atoms with E-state index in [4.69, 9.17) is 14.2 Å². The molecule has 1 aliphatic carbocycles. The van der Waals surface area contributed by atoms with Gasteiger partial charge in [-0.2, -0.15) is 0 Å². The number of hydrogen-bond acceptors (Lipinski definition) is 4. The SMILES string of the molecule is CC(=O)O[C@]1(C)CC[C@@H](C(C)C)[C@H]2[C@@H]1[C@@H]1C[C@]3(C)CCC[C@@](C)(O3)[C@H]2O1. The van der Waals surface area contributed by atoms with Crippen LogP contribution in [0.3, 0.4) is 0 Å². The minimum absolute atomic E-state index is 0.112. The quantitative estimate of drug-likeness (QED) is 0.677. The molecule has 3 saturated heterocycles. The van der Waals surface area contributed by atoms with E-state index in [1.54, 1.807) is 6.92 Å². The number of hydrogen-bond donors (Lipinski definition) is 0. The van der Waals surface area contributed by atoms with Crippen LogP contribution in [0.25, 0.3) is 0 Å². The van der Waals surface area contributed by atoms with Gasteiger partial charge in [0.2, 0.25) is 0 Å². The van der Waals surface area contributed by atoms with Gasteiger partial charge in [0.05, 0.1) is 23.4 Å². The Labute approximate surface area is 158 Å². The lowest BCUT2D eigenvalue weighted by Gasteiger charge is -2.55. The molecule has 4 rings (SSSR count). The van der Waals surface area contributed by atoms with Crippen molar-refractivity contribution in [2.24, 2.45) is 23.7 Å². The third-order valence-corrected chi connectivity index (χ3v) is 7.99. The van der Waals surface area contributed by atoms with Gasteiger partial charge in [-0.3, -0.25) is 4.79 Å². The van der Waals surface area contributed by atoms with Crippen LogP contribution >= 0.6 is 0 Å². The zero-order valence-electron chi connectivity index (χ0n) is 17.3. The summed E-state index contributed by atoms with van der Waals surface area (Å²) in [6.07, 6.45) is 6.58. The maximum atomic E-state index is 11.9. The monoisotopic (exact) mass is 364 g/mol. The molecule has 4 heteroatoms. The second-order valence-electron chi connectivity index (χ2n) is 10.5. The van der Waals surface area contributed by atoms with Crippen LogP contribution in [0.1, 0.15) is 80.1 Å². The number of ether oxygens (including phenoxy) is 3. The molecule has 0 aromatic carbocycles. The Bertz CT molecular complexity index is 589.